The van der Waals surface area contributed by atoms with E-state index in [0.29, 0.717) is 12.4 Å². The second-order valence-electron chi connectivity index (χ2n) is 7.76. The number of nitrogens with zero attached hydrogens (tertiary/aromatic N) is 4. The third-order valence-corrected chi connectivity index (χ3v) is 5.34. The normalized spacial score (nSPS) is 11.6. The van der Waals surface area contributed by atoms with Crippen molar-refractivity contribution < 1.29 is 5.11 Å². The summed E-state index contributed by atoms with van der Waals surface area (Å²) in [4.78, 5) is 2.28. The number of azo groups is 1. The SMILES string of the molecule is Cc1ccc2c(c1)c(N=NC(N)=S)c(O)n2CN(Cc1ccccc1)Cc1ccccc1. The quantitative estimate of drug-likeness (QED) is 0.286. The van der Waals surface area contributed by atoms with Crippen LogP contribution in [0.4, 0.5) is 5.69 Å². The van der Waals surface area contributed by atoms with E-state index < -0.39 is 0 Å². The molecule has 0 spiro atoms. The summed E-state index contributed by atoms with van der Waals surface area (Å²) in [6.45, 7) is 3.92. The fraction of sp³-hybridized carbons (Fsp3) is 0.160. The van der Waals surface area contributed by atoms with E-state index in [2.05, 4.69) is 39.4 Å². The molecular formula is C25H25N5OS. The molecular weight excluding hydrogens is 418 g/mol. The zero-order valence-electron chi connectivity index (χ0n) is 17.8. The number of fused-ring (bicyclic) bond motifs is 1. The van der Waals surface area contributed by atoms with Crippen molar-refractivity contribution in [2.24, 2.45) is 16.0 Å². The Morgan fingerprint density at radius 2 is 1.56 bits per heavy atom. The second-order valence-corrected chi connectivity index (χ2v) is 8.18. The Bertz CT molecular complexity index is 1210. The number of aromatic hydroxyl groups is 1. The number of aromatic nitrogens is 1. The van der Waals surface area contributed by atoms with Gasteiger partial charge in [0.1, 0.15) is 0 Å². The lowest BCUT2D eigenvalue weighted by Gasteiger charge is -2.24. The Morgan fingerprint density at radius 3 is 2.12 bits per heavy atom. The highest BCUT2D eigenvalue weighted by molar-refractivity contribution is 7.80. The van der Waals surface area contributed by atoms with Crippen molar-refractivity contribution in [1.82, 2.24) is 9.47 Å². The molecule has 0 aliphatic carbocycles. The summed E-state index contributed by atoms with van der Waals surface area (Å²) >= 11 is 4.83. The average molecular weight is 444 g/mol. The molecule has 1 aromatic heterocycles. The first-order valence-electron chi connectivity index (χ1n) is 10.3. The molecule has 0 saturated heterocycles. The summed E-state index contributed by atoms with van der Waals surface area (Å²) in [6.07, 6.45) is 0. The standard InChI is InChI=1S/C25H25N5OS/c1-18-12-13-22-21(14-18)23(27-28-25(26)32)24(31)30(22)17-29(15-19-8-4-2-5-9-19)16-20-10-6-3-7-11-20/h2-14,31H,15-17H2,1H3,(H2,26,32). The maximum Gasteiger partial charge on any atom is 0.221 e. The van der Waals surface area contributed by atoms with Crippen molar-refractivity contribution in [3.8, 4) is 5.88 Å². The summed E-state index contributed by atoms with van der Waals surface area (Å²) in [6, 6.07) is 26.6. The van der Waals surface area contributed by atoms with E-state index in [1.165, 1.54) is 11.1 Å². The van der Waals surface area contributed by atoms with Gasteiger partial charge in [0.05, 0.1) is 12.2 Å². The van der Waals surface area contributed by atoms with Crippen molar-refractivity contribution in [3.05, 3.63) is 95.6 Å². The zero-order valence-corrected chi connectivity index (χ0v) is 18.7. The third kappa shape index (κ3) is 5.01. The van der Waals surface area contributed by atoms with Gasteiger partial charge >= 0.3 is 0 Å². The maximum absolute atomic E-state index is 11.1. The van der Waals surface area contributed by atoms with Crippen molar-refractivity contribution in [2.75, 3.05) is 0 Å². The highest BCUT2D eigenvalue weighted by Gasteiger charge is 2.19. The highest BCUT2D eigenvalue weighted by atomic mass is 32.1. The molecule has 162 valence electrons. The molecule has 1 heterocycles. The van der Waals surface area contributed by atoms with E-state index in [4.69, 9.17) is 18.0 Å². The number of nitrogens with two attached hydrogens (primary N) is 1. The van der Waals surface area contributed by atoms with Crippen LogP contribution in [-0.4, -0.2) is 19.7 Å². The molecule has 32 heavy (non-hydrogen) atoms. The van der Waals surface area contributed by atoms with Gasteiger partial charge in [-0.1, -0.05) is 72.3 Å². The Balaban J connectivity index is 1.74. The fourth-order valence-electron chi connectivity index (χ4n) is 3.82. The molecule has 3 aromatic carbocycles. The van der Waals surface area contributed by atoms with Crippen LogP contribution in [-0.2, 0) is 19.8 Å². The molecule has 0 radical (unpaired) electrons. The van der Waals surface area contributed by atoms with Gasteiger partial charge in [-0.25, -0.2) is 0 Å². The fourth-order valence-corrected chi connectivity index (χ4v) is 3.86. The molecule has 0 aliphatic heterocycles. The largest absolute Gasteiger partial charge is 0.493 e. The molecule has 4 rings (SSSR count). The summed E-state index contributed by atoms with van der Waals surface area (Å²) in [5.41, 5.74) is 10.2. The van der Waals surface area contributed by atoms with Crippen LogP contribution >= 0.6 is 12.2 Å². The lowest BCUT2D eigenvalue weighted by molar-refractivity contribution is 0.194. The zero-order chi connectivity index (χ0) is 22.5. The third-order valence-electron chi connectivity index (χ3n) is 5.25. The molecule has 0 fully saturated rings. The Kier molecular flexibility index (Phi) is 6.58. The number of aryl methyl sites for hydroxylation is 1. The van der Waals surface area contributed by atoms with Gasteiger partial charge in [0.2, 0.25) is 11.0 Å². The smallest absolute Gasteiger partial charge is 0.221 e. The van der Waals surface area contributed by atoms with Crippen LogP contribution in [0.5, 0.6) is 5.88 Å². The predicted molar refractivity (Wildman–Crippen MR) is 132 cm³/mol. The minimum absolute atomic E-state index is 0.0386. The van der Waals surface area contributed by atoms with Crippen LogP contribution in [0.3, 0.4) is 0 Å². The van der Waals surface area contributed by atoms with E-state index in [-0.39, 0.29) is 11.0 Å². The minimum Gasteiger partial charge on any atom is -0.493 e. The van der Waals surface area contributed by atoms with E-state index in [9.17, 15) is 5.11 Å². The monoisotopic (exact) mass is 443 g/mol. The van der Waals surface area contributed by atoms with Gasteiger partial charge in [0.25, 0.3) is 0 Å². The van der Waals surface area contributed by atoms with E-state index in [1.807, 2.05) is 66.1 Å². The van der Waals surface area contributed by atoms with Crippen LogP contribution in [0, 0.1) is 6.92 Å². The second kappa shape index (κ2) is 9.72. The molecule has 0 unspecified atom stereocenters. The van der Waals surface area contributed by atoms with Crippen LogP contribution in [0.15, 0.2) is 89.1 Å². The lowest BCUT2D eigenvalue weighted by atomic mass is 10.1. The van der Waals surface area contributed by atoms with Crippen LogP contribution in [0.25, 0.3) is 10.9 Å². The van der Waals surface area contributed by atoms with E-state index >= 15 is 0 Å². The molecule has 0 amide bonds. The summed E-state index contributed by atoms with van der Waals surface area (Å²) in [5.74, 6) is 0.0386. The number of benzene rings is 3. The van der Waals surface area contributed by atoms with Crippen molar-refractivity contribution in [2.45, 2.75) is 26.7 Å². The van der Waals surface area contributed by atoms with Gasteiger partial charge in [0, 0.05) is 18.5 Å². The number of thiocarbonyl (C=S) groups is 1. The molecule has 3 N–H and O–H groups in total. The average Bonchev–Trinajstić information content (AvgIpc) is 3.03. The van der Waals surface area contributed by atoms with Crippen LogP contribution in [0.1, 0.15) is 16.7 Å². The number of rotatable bonds is 7. The molecule has 7 heteroatoms. The van der Waals surface area contributed by atoms with Gasteiger partial charge in [0.15, 0.2) is 5.69 Å². The Hall–Kier alpha value is -3.55. The first kappa shape index (κ1) is 21.7. The minimum atomic E-state index is -0.0762. The number of hydrogen-bond acceptors (Lipinski definition) is 4. The van der Waals surface area contributed by atoms with Crippen molar-refractivity contribution in [1.29, 1.82) is 0 Å². The molecule has 4 aromatic rings. The van der Waals surface area contributed by atoms with Gasteiger partial charge < -0.3 is 10.8 Å². The van der Waals surface area contributed by atoms with Gasteiger partial charge in [-0.15, -0.1) is 10.2 Å². The Morgan fingerprint density at radius 1 is 0.969 bits per heavy atom. The molecule has 0 saturated carbocycles. The van der Waals surface area contributed by atoms with Crippen molar-refractivity contribution >= 4 is 33.9 Å². The lowest BCUT2D eigenvalue weighted by Crippen LogP contribution is -2.25. The first-order valence-corrected chi connectivity index (χ1v) is 10.8. The van der Waals surface area contributed by atoms with Crippen LogP contribution < -0.4 is 5.73 Å². The van der Waals surface area contributed by atoms with Crippen molar-refractivity contribution in [3.63, 3.8) is 0 Å². The molecule has 0 bridgehead atoms. The van der Waals surface area contributed by atoms with Crippen LogP contribution in [0.2, 0.25) is 0 Å². The summed E-state index contributed by atoms with van der Waals surface area (Å²) in [7, 11) is 0. The molecule has 6 nitrogen and oxygen atoms in total. The highest BCUT2D eigenvalue weighted by Crippen LogP contribution is 2.39. The topological polar surface area (TPSA) is 79.1 Å². The van der Waals surface area contributed by atoms with Gasteiger partial charge in [-0.3, -0.25) is 9.47 Å². The van der Waals surface area contributed by atoms with Gasteiger partial charge in [-0.2, -0.15) is 0 Å². The van der Waals surface area contributed by atoms with E-state index in [1.54, 1.807) is 0 Å². The van der Waals surface area contributed by atoms with Gasteiger partial charge in [-0.05, 0) is 42.4 Å². The summed E-state index contributed by atoms with van der Waals surface area (Å²) in [5, 5.41) is 19.8. The first-order chi connectivity index (χ1) is 15.5. The number of hydrogen-bond donors (Lipinski definition) is 2. The van der Waals surface area contributed by atoms with E-state index in [0.717, 1.165) is 29.6 Å². The Labute approximate surface area is 192 Å². The molecule has 0 aliphatic rings. The summed E-state index contributed by atoms with van der Waals surface area (Å²) < 4.78 is 1.86. The molecule has 0 atom stereocenters. The predicted octanol–water partition coefficient (Wildman–Crippen LogP) is 5.64. The maximum atomic E-state index is 11.1.